The molecule has 0 aromatic heterocycles. The summed E-state index contributed by atoms with van der Waals surface area (Å²) in [6, 6.07) is 4.56. The summed E-state index contributed by atoms with van der Waals surface area (Å²) in [5.74, 6) is 0. The first kappa shape index (κ1) is 14.0. The van der Waals surface area contributed by atoms with Gasteiger partial charge in [-0.2, -0.15) is 0 Å². The van der Waals surface area contributed by atoms with E-state index in [4.69, 9.17) is 0 Å². The van der Waals surface area contributed by atoms with Crippen molar-refractivity contribution in [3.8, 4) is 0 Å². The lowest BCUT2D eigenvalue weighted by Crippen LogP contribution is -2.24. The van der Waals surface area contributed by atoms with Crippen molar-refractivity contribution in [3.05, 3.63) is 38.3 Å². The van der Waals surface area contributed by atoms with Crippen LogP contribution in [-0.4, -0.2) is 29.8 Å². The number of hydrogen-bond acceptors (Lipinski definition) is 3. The predicted octanol–water partition coefficient (Wildman–Crippen LogP) is 3.05. The van der Waals surface area contributed by atoms with Gasteiger partial charge in [-0.15, -0.1) is 0 Å². The molecule has 1 aromatic carbocycles. The Morgan fingerprint density at radius 3 is 2.71 bits per heavy atom. The van der Waals surface area contributed by atoms with Crippen molar-refractivity contribution in [2.45, 2.75) is 13.0 Å². The predicted molar refractivity (Wildman–Crippen MR) is 63.1 cm³/mol. The largest absolute Gasteiger partial charge is 0.296 e. The molecule has 94 valence electrons. The molecule has 0 saturated carbocycles. The molecule has 1 aromatic rings. The van der Waals surface area contributed by atoms with E-state index in [9.17, 15) is 18.9 Å². The van der Waals surface area contributed by atoms with Crippen molar-refractivity contribution in [2.75, 3.05) is 13.6 Å². The Bertz CT molecular complexity index is 415. The van der Waals surface area contributed by atoms with E-state index in [-0.39, 0.29) is 18.8 Å². The fourth-order valence-corrected chi connectivity index (χ4v) is 1.95. The summed E-state index contributed by atoms with van der Waals surface area (Å²) in [6.45, 7) is -0.137. The van der Waals surface area contributed by atoms with Gasteiger partial charge in [-0.05, 0) is 28.5 Å². The molecule has 0 aliphatic rings. The normalized spacial score (nSPS) is 11.2. The number of rotatable bonds is 5. The van der Waals surface area contributed by atoms with E-state index < -0.39 is 11.3 Å². The first-order chi connectivity index (χ1) is 7.91. The maximum Gasteiger partial charge on any atom is 0.283 e. The molecular formula is C10H11BrF2N2O2. The summed E-state index contributed by atoms with van der Waals surface area (Å²) >= 11 is 3.12. The maximum atomic E-state index is 12.1. The maximum absolute atomic E-state index is 12.1. The number of nitro benzene ring substituents is 1. The Kier molecular flexibility index (Phi) is 4.95. The zero-order valence-electron chi connectivity index (χ0n) is 9.07. The average molecular weight is 309 g/mol. The van der Waals surface area contributed by atoms with Gasteiger partial charge in [-0.1, -0.05) is 12.1 Å². The van der Waals surface area contributed by atoms with Crippen LogP contribution in [0.4, 0.5) is 14.5 Å². The van der Waals surface area contributed by atoms with Crippen LogP contribution in [0.1, 0.15) is 5.56 Å². The third kappa shape index (κ3) is 4.01. The quantitative estimate of drug-likeness (QED) is 0.620. The summed E-state index contributed by atoms with van der Waals surface area (Å²) in [4.78, 5) is 11.6. The van der Waals surface area contributed by atoms with Gasteiger partial charge < -0.3 is 0 Å². The van der Waals surface area contributed by atoms with Crippen LogP contribution in [0, 0.1) is 10.1 Å². The topological polar surface area (TPSA) is 46.4 Å². The van der Waals surface area contributed by atoms with Crippen LogP contribution in [0.15, 0.2) is 22.7 Å². The molecule has 7 heteroatoms. The minimum Gasteiger partial charge on any atom is -0.296 e. The zero-order chi connectivity index (χ0) is 13.0. The lowest BCUT2D eigenvalue weighted by Gasteiger charge is -2.16. The highest BCUT2D eigenvalue weighted by atomic mass is 79.9. The SMILES string of the molecule is CN(Cc1cccc([N+](=O)[O-])c1Br)CC(F)F. The second-order valence-corrected chi connectivity index (χ2v) is 4.39. The molecule has 0 fully saturated rings. The van der Waals surface area contributed by atoms with Crippen molar-refractivity contribution in [3.63, 3.8) is 0 Å². The lowest BCUT2D eigenvalue weighted by molar-refractivity contribution is -0.385. The highest BCUT2D eigenvalue weighted by Crippen LogP contribution is 2.28. The molecule has 0 amide bonds. The van der Waals surface area contributed by atoms with Gasteiger partial charge in [0.15, 0.2) is 0 Å². The monoisotopic (exact) mass is 308 g/mol. The second-order valence-electron chi connectivity index (χ2n) is 3.60. The van der Waals surface area contributed by atoms with E-state index in [2.05, 4.69) is 15.9 Å². The van der Waals surface area contributed by atoms with Crippen LogP contribution in [-0.2, 0) is 6.54 Å². The minimum atomic E-state index is -2.42. The third-order valence-corrected chi connectivity index (χ3v) is 3.06. The van der Waals surface area contributed by atoms with Crippen molar-refractivity contribution in [1.82, 2.24) is 4.90 Å². The Hall–Kier alpha value is -1.08. The van der Waals surface area contributed by atoms with Crippen LogP contribution in [0.25, 0.3) is 0 Å². The summed E-state index contributed by atoms with van der Waals surface area (Å²) in [5.41, 5.74) is 0.551. The Morgan fingerprint density at radius 2 is 2.18 bits per heavy atom. The zero-order valence-corrected chi connectivity index (χ0v) is 10.7. The smallest absolute Gasteiger partial charge is 0.283 e. The van der Waals surface area contributed by atoms with Crippen LogP contribution in [0.2, 0.25) is 0 Å². The Balaban J connectivity index is 2.85. The fraction of sp³-hybridized carbons (Fsp3) is 0.400. The Morgan fingerprint density at radius 1 is 1.53 bits per heavy atom. The number of nitrogens with zero attached hydrogens (tertiary/aromatic N) is 2. The summed E-state index contributed by atoms with van der Waals surface area (Å²) in [5, 5.41) is 10.7. The fourth-order valence-electron chi connectivity index (χ4n) is 1.42. The van der Waals surface area contributed by atoms with Gasteiger partial charge >= 0.3 is 0 Å². The van der Waals surface area contributed by atoms with Crippen LogP contribution < -0.4 is 0 Å². The van der Waals surface area contributed by atoms with Crippen LogP contribution >= 0.6 is 15.9 Å². The van der Waals surface area contributed by atoms with Gasteiger partial charge in [0, 0.05) is 12.6 Å². The van der Waals surface area contributed by atoms with E-state index in [1.807, 2.05) is 0 Å². The van der Waals surface area contributed by atoms with Crippen LogP contribution in [0.5, 0.6) is 0 Å². The van der Waals surface area contributed by atoms with Gasteiger partial charge in [-0.3, -0.25) is 15.0 Å². The number of hydrogen-bond donors (Lipinski definition) is 0. The molecule has 0 atom stereocenters. The molecule has 0 spiro atoms. The molecule has 0 radical (unpaired) electrons. The Labute approximate surface area is 106 Å². The van der Waals surface area contributed by atoms with E-state index >= 15 is 0 Å². The molecule has 0 bridgehead atoms. The van der Waals surface area contributed by atoms with Gasteiger partial charge in [0.2, 0.25) is 0 Å². The molecule has 0 saturated heterocycles. The summed E-state index contributed by atoms with van der Waals surface area (Å²) < 4.78 is 24.6. The third-order valence-electron chi connectivity index (χ3n) is 2.14. The first-order valence-corrected chi connectivity index (χ1v) is 5.59. The number of alkyl halides is 2. The summed E-state index contributed by atoms with van der Waals surface area (Å²) in [7, 11) is 1.54. The average Bonchev–Trinajstić information content (AvgIpc) is 2.19. The number of halogens is 3. The van der Waals surface area contributed by atoms with Crippen LogP contribution in [0.3, 0.4) is 0 Å². The number of nitro groups is 1. The standard InChI is InChI=1S/C10H11BrF2N2O2/c1-14(6-9(12)13)5-7-3-2-4-8(10(7)11)15(16)17/h2-4,9H,5-6H2,1H3. The molecule has 17 heavy (non-hydrogen) atoms. The molecule has 0 aliphatic heterocycles. The van der Waals surface area contributed by atoms with Crippen molar-refractivity contribution >= 4 is 21.6 Å². The molecule has 1 rings (SSSR count). The summed E-state index contributed by atoms with van der Waals surface area (Å²) in [6.07, 6.45) is -2.42. The molecule has 0 heterocycles. The van der Waals surface area contributed by atoms with E-state index in [0.29, 0.717) is 10.0 Å². The first-order valence-electron chi connectivity index (χ1n) is 4.80. The highest BCUT2D eigenvalue weighted by Gasteiger charge is 2.16. The van der Waals surface area contributed by atoms with E-state index in [0.717, 1.165) is 0 Å². The minimum absolute atomic E-state index is 0.0621. The van der Waals surface area contributed by atoms with Crippen molar-refractivity contribution in [1.29, 1.82) is 0 Å². The van der Waals surface area contributed by atoms with Gasteiger partial charge in [0.1, 0.15) is 0 Å². The van der Waals surface area contributed by atoms with E-state index in [1.165, 1.54) is 24.1 Å². The number of benzene rings is 1. The van der Waals surface area contributed by atoms with E-state index in [1.54, 1.807) is 6.07 Å². The second kappa shape index (κ2) is 6.02. The molecule has 0 aliphatic carbocycles. The van der Waals surface area contributed by atoms with Gasteiger partial charge in [0.25, 0.3) is 12.1 Å². The molecule has 0 unspecified atom stereocenters. The molecule has 4 nitrogen and oxygen atoms in total. The highest BCUT2D eigenvalue weighted by molar-refractivity contribution is 9.10. The lowest BCUT2D eigenvalue weighted by atomic mass is 10.2. The van der Waals surface area contributed by atoms with Gasteiger partial charge in [0.05, 0.1) is 15.9 Å². The van der Waals surface area contributed by atoms with Crippen molar-refractivity contribution in [2.24, 2.45) is 0 Å². The van der Waals surface area contributed by atoms with Crippen molar-refractivity contribution < 1.29 is 13.7 Å². The van der Waals surface area contributed by atoms with Gasteiger partial charge in [-0.25, -0.2) is 8.78 Å². The molecular weight excluding hydrogens is 298 g/mol. The molecule has 0 N–H and O–H groups in total.